The minimum Gasteiger partial charge on any atom is -0.353 e. The van der Waals surface area contributed by atoms with Gasteiger partial charge in [0.25, 0.3) is 0 Å². The molecule has 1 aliphatic heterocycles. The highest BCUT2D eigenvalue weighted by molar-refractivity contribution is 5.81. The fraction of sp³-hybridized carbons (Fsp3) is 0.625. The number of amides is 1. The Morgan fingerprint density at radius 2 is 1.90 bits per heavy atom. The molecule has 2 heterocycles. The molecular formula is C16H23N3O. The van der Waals surface area contributed by atoms with Gasteiger partial charge in [-0.15, -0.1) is 0 Å². The molecule has 1 saturated carbocycles. The lowest BCUT2D eigenvalue weighted by Gasteiger charge is -2.32. The summed E-state index contributed by atoms with van der Waals surface area (Å²) in [5, 5.41) is 3.20. The zero-order valence-corrected chi connectivity index (χ0v) is 11.9. The first-order valence-corrected chi connectivity index (χ1v) is 7.73. The number of pyridine rings is 1. The molecule has 20 heavy (non-hydrogen) atoms. The van der Waals surface area contributed by atoms with E-state index in [1.807, 2.05) is 12.4 Å². The van der Waals surface area contributed by atoms with Crippen LogP contribution in [0.3, 0.4) is 0 Å². The SMILES string of the molecule is O=C(NC1CCN(CCc2ccncc2)CC1)C1CC1. The van der Waals surface area contributed by atoms with Gasteiger partial charge < -0.3 is 10.2 Å². The van der Waals surface area contributed by atoms with Gasteiger partial charge in [-0.25, -0.2) is 0 Å². The van der Waals surface area contributed by atoms with Gasteiger partial charge in [-0.3, -0.25) is 9.78 Å². The number of hydrogen-bond donors (Lipinski definition) is 1. The standard InChI is InChI=1S/C16H23N3O/c20-16(14-1-2-14)18-15-6-11-19(12-7-15)10-5-13-3-8-17-9-4-13/h3-4,8-9,14-15H,1-2,5-7,10-12H2,(H,18,20). The highest BCUT2D eigenvalue weighted by Crippen LogP contribution is 2.29. The first-order chi connectivity index (χ1) is 9.81. The number of rotatable bonds is 5. The summed E-state index contributed by atoms with van der Waals surface area (Å²) in [6.45, 7) is 3.30. The van der Waals surface area contributed by atoms with Crippen LogP contribution in [0.2, 0.25) is 0 Å². The van der Waals surface area contributed by atoms with Crippen LogP contribution in [0.5, 0.6) is 0 Å². The summed E-state index contributed by atoms with van der Waals surface area (Å²) in [5.41, 5.74) is 1.35. The van der Waals surface area contributed by atoms with Crippen LogP contribution in [-0.4, -0.2) is 41.5 Å². The second kappa shape index (κ2) is 6.35. The normalized spacial score (nSPS) is 20.8. The molecule has 0 atom stereocenters. The Morgan fingerprint density at radius 1 is 1.20 bits per heavy atom. The van der Waals surface area contributed by atoms with E-state index in [0.29, 0.717) is 17.9 Å². The molecule has 4 nitrogen and oxygen atoms in total. The van der Waals surface area contributed by atoms with Crippen molar-refractivity contribution in [3.63, 3.8) is 0 Å². The number of likely N-dealkylation sites (tertiary alicyclic amines) is 1. The Labute approximate surface area is 120 Å². The highest BCUT2D eigenvalue weighted by Gasteiger charge is 2.31. The fourth-order valence-corrected chi connectivity index (χ4v) is 2.80. The number of aromatic nitrogens is 1. The highest BCUT2D eigenvalue weighted by atomic mass is 16.2. The average Bonchev–Trinajstić information content (AvgIpc) is 3.32. The summed E-state index contributed by atoms with van der Waals surface area (Å²) in [7, 11) is 0. The second-order valence-corrected chi connectivity index (χ2v) is 6.00. The molecule has 0 bridgehead atoms. The molecule has 108 valence electrons. The molecule has 0 aromatic carbocycles. The summed E-state index contributed by atoms with van der Waals surface area (Å²) in [6.07, 6.45) is 9.17. The van der Waals surface area contributed by atoms with Gasteiger partial charge in [0.1, 0.15) is 0 Å². The molecule has 1 aromatic rings. The van der Waals surface area contributed by atoms with Crippen molar-refractivity contribution in [2.24, 2.45) is 5.92 Å². The van der Waals surface area contributed by atoms with Gasteiger partial charge in [0.15, 0.2) is 0 Å². The topological polar surface area (TPSA) is 45.2 Å². The van der Waals surface area contributed by atoms with E-state index in [1.54, 1.807) is 0 Å². The second-order valence-electron chi connectivity index (χ2n) is 6.00. The van der Waals surface area contributed by atoms with Crippen LogP contribution < -0.4 is 5.32 Å². The van der Waals surface area contributed by atoms with E-state index in [1.165, 1.54) is 5.56 Å². The van der Waals surface area contributed by atoms with Crippen LogP contribution in [0.25, 0.3) is 0 Å². The van der Waals surface area contributed by atoms with Crippen molar-refractivity contribution in [2.45, 2.75) is 38.1 Å². The van der Waals surface area contributed by atoms with E-state index < -0.39 is 0 Å². The maximum Gasteiger partial charge on any atom is 0.223 e. The third-order valence-electron chi connectivity index (χ3n) is 4.35. The van der Waals surface area contributed by atoms with Gasteiger partial charge in [-0.05, 0) is 49.8 Å². The van der Waals surface area contributed by atoms with Crippen molar-refractivity contribution >= 4 is 5.91 Å². The fourth-order valence-electron chi connectivity index (χ4n) is 2.80. The summed E-state index contributed by atoms with van der Waals surface area (Å²) in [6, 6.07) is 4.57. The average molecular weight is 273 g/mol. The molecule has 0 unspecified atom stereocenters. The minimum absolute atomic E-state index is 0.292. The van der Waals surface area contributed by atoms with Crippen LogP contribution in [-0.2, 0) is 11.2 Å². The maximum atomic E-state index is 11.7. The zero-order valence-electron chi connectivity index (χ0n) is 11.9. The molecule has 1 amide bonds. The quantitative estimate of drug-likeness (QED) is 0.886. The molecule has 4 heteroatoms. The van der Waals surface area contributed by atoms with Crippen molar-refractivity contribution < 1.29 is 4.79 Å². The predicted octanol–water partition coefficient (Wildman–Crippen LogP) is 1.61. The van der Waals surface area contributed by atoms with Crippen molar-refractivity contribution in [3.05, 3.63) is 30.1 Å². The smallest absolute Gasteiger partial charge is 0.223 e. The molecule has 1 saturated heterocycles. The van der Waals surface area contributed by atoms with E-state index in [2.05, 4.69) is 27.3 Å². The third kappa shape index (κ3) is 3.79. The van der Waals surface area contributed by atoms with Gasteiger partial charge in [-0.1, -0.05) is 0 Å². The Kier molecular flexibility index (Phi) is 4.31. The van der Waals surface area contributed by atoms with Crippen molar-refractivity contribution in [2.75, 3.05) is 19.6 Å². The number of carbonyl (C=O) groups excluding carboxylic acids is 1. The maximum absolute atomic E-state index is 11.7. The molecular weight excluding hydrogens is 250 g/mol. The van der Waals surface area contributed by atoms with Gasteiger partial charge in [0.2, 0.25) is 5.91 Å². The first kappa shape index (κ1) is 13.6. The first-order valence-electron chi connectivity index (χ1n) is 7.73. The Morgan fingerprint density at radius 3 is 2.55 bits per heavy atom. The summed E-state index contributed by atoms with van der Waals surface area (Å²) < 4.78 is 0. The van der Waals surface area contributed by atoms with Crippen LogP contribution in [0.1, 0.15) is 31.2 Å². The van der Waals surface area contributed by atoms with Crippen LogP contribution in [0, 0.1) is 5.92 Å². The molecule has 0 spiro atoms. The molecule has 2 aliphatic rings. The number of nitrogens with zero attached hydrogens (tertiary/aromatic N) is 2. The number of piperidine rings is 1. The molecule has 2 fully saturated rings. The van der Waals surface area contributed by atoms with Gasteiger partial charge in [0.05, 0.1) is 0 Å². The Hall–Kier alpha value is -1.42. The molecule has 3 rings (SSSR count). The van der Waals surface area contributed by atoms with Crippen molar-refractivity contribution in [1.82, 2.24) is 15.2 Å². The van der Waals surface area contributed by atoms with Crippen molar-refractivity contribution in [3.8, 4) is 0 Å². The van der Waals surface area contributed by atoms with E-state index in [9.17, 15) is 4.79 Å². The minimum atomic E-state index is 0.292. The van der Waals surface area contributed by atoms with Gasteiger partial charge in [0, 0.05) is 44.0 Å². The number of carbonyl (C=O) groups is 1. The summed E-state index contributed by atoms with van der Waals surface area (Å²) in [5.74, 6) is 0.625. The van der Waals surface area contributed by atoms with E-state index in [0.717, 1.165) is 51.7 Å². The van der Waals surface area contributed by atoms with Crippen LogP contribution in [0.15, 0.2) is 24.5 Å². The van der Waals surface area contributed by atoms with E-state index in [4.69, 9.17) is 0 Å². The Bertz CT molecular complexity index is 436. The van der Waals surface area contributed by atoms with Crippen molar-refractivity contribution in [1.29, 1.82) is 0 Å². The van der Waals surface area contributed by atoms with Gasteiger partial charge in [-0.2, -0.15) is 0 Å². The van der Waals surface area contributed by atoms with Crippen LogP contribution in [0.4, 0.5) is 0 Å². The lowest BCUT2D eigenvalue weighted by atomic mass is 10.0. The lowest BCUT2D eigenvalue weighted by molar-refractivity contribution is -0.123. The molecule has 0 radical (unpaired) electrons. The monoisotopic (exact) mass is 273 g/mol. The van der Waals surface area contributed by atoms with Crippen LogP contribution >= 0.6 is 0 Å². The van der Waals surface area contributed by atoms with Gasteiger partial charge >= 0.3 is 0 Å². The predicted molar refractivity (Wildman–Crippen MR) is 78.3 cm³/mol. The number of hydrogen-bond acceptors (Lipinski definition) is 3. The lowest BCUT2D eigenvalue weighted by Crippen LogP contribution is -2.45. The van der Waals surface area contributed by atoms with E-state index >= 15 is 0 Å². The molecule has 1 aliphatic carbocycles. The zero-order chi connectivity index (χ0) is 13.8. The third-order valence-corrected chi connectivity index (χ3v) is 4.35. The summed E-state index contributed by atoms with van der Waals surface area (Å²) in [4.78, 5) is 18.3. The number of nitrogens with one attached hydrogen (secondary N) is 1. The van der Waals surface area contributed by atoms with E-state index in [-0.39, 0.29) is 0 Å². The largest absolute Gasteiger partial charge is 0.353 e. The Balaban J connectivity index is 1.36. The molecule has 1 aromatic heterocycles. The summed E-state index contributed by atoms with van der Waals surface area (Å²) >= 11 is 0. The molecule has 1 N–H and O–H groups in total.